The van der Waals surface area contributed by atoms with E-state index < -0.39 is 18.2 Å². The quantitative estimate of drug-likeness (QED) is 0.652. The lowest BCUT2D eigenvalue weighted by Crippen LogP contribution is -2.54. The van der Waals surface area contributed by atoms with Gasteiger partial charge < -0.3 is 25.2 Å². The topological polar surface area (TPSA) is 106 Å². The number of aliphatic hydroxyl groups excluding tert-OH is 1. The Morgan fingerprint density at radius 3 is 2.88 bits per heavy atom. The summed E-state index contributed by atoms with van der Waals surface area (Å²) in [4.78, 5) is 19.2. The van der Waals surface area contributed by atoms with Crippen molar-refractivity contribution in [2.75, 3.05) is 31.7 Å². The molecule has 1 saturated carbocycles. The van der Waals surface area contributed by atoms with Gasteiger partial charge in [-0.25, -0.2) is 14.4 Å². The van der Waals surface area contributed by atoms with Crippen molar-refractivity contribution in [3.05, 3.63) is 12.4 Å². The molecule has 0 bridgehead atoms. The number of ether oxygens (including phenoxy) is 2. The fraction of sp³-hybridized carbons (Fsp3) is 0.688. The van der Waals surface area contributed by atoms with Gasteiger partial charge in [-0.3, -0.25) is 4.79 Å². The van der Waals surface area contributed by atoms with Gasteiger partial charge in [0, 0.05) is 37.8 Å². The van der Waals surface area contributed by atoms with Crippen LogP contribution < -0.4 is 15.4 Å². The van der Waals surface area contributed by atoms with Crippen LogP contribution in [0.2, 0.25) is 0 Å². The number of nitrogens with zero attached hydrogens (tertiary/aromatic N) is 2. The molecule has 2 fully saturated rings. The van der Waals surface area contributed by atoms with Crippen LogP contribution in [0.5, 0.6) is 5.88 Å². The number of halogens is 1. The van der Waals surface area contributed by atoms with Crippen LogP contribution in [-0.4, -0.2) is 65.2 Å². The van der Waals surface area contributed by atoms with Gasteiger partial charge in [-0.05, 0) is 0 Å². The van der Waals surface area contributed by atoms with Crippen molar-refractivity contribution in [2.24, 2.45) is 0 Å². The van der Waals surface area contributed by atoms with E-state index in [0.29, 0.717) is 24.9 Å². The van der Waals surface area contributed by atoms with Crippen LogP contribution in [0.1, 0.15) is 25.7 Å². The smallest absolute Gasteiger partial charge is 0.245 e. The summed E-state index contributed by atoms with van der Waals surface area (Å²) in [7, 11) is 0. The normalized spacial score (nSPS) is 26.6. The molecule has 1 aliphatic heterocycles. The molecular weight excluding hydrogens is 331 g/mol. The third-order valence-electron chi connectivity index (χ3n) is 4.42. The molecule has 1 aliphatic carbocycles. The number of anilines is 1. The van der Waals surface area contributed by atoms with Gasteiger partial charge in [0.25, 0.3) is 0 Å². The van der Waals surface area contributed by atoms with Crippen LogP contribution in [0.3, 0.4) is 0 Å². The first-order valence-corrected chi connectivity index (χ1v) is 8.46. The maximum atomic E-state index is 14.3. The molecule has 0 radical (unpaired) electrons. The molecule has 2 heterocycles. The first-order chi connectivity index (χ1) is 12.1. The molecule has 0 spiro atoms. The first-order valence-electron chi connectivity index (χ1n) is 8.46. The summed E-state index contributed by atoms with van der Waals surface area (Å²) in [6.45, 7) is 0.656. The fourth-order valence-electron chi connectivity index (χ4n) is 3.04. The summed E-state index contributed by atoms with van der Waals surface area (Å²) in [6, 6.07) is 1.64. The minimum atomic E-state index is -1.45. The van der Waals surface area contributed by atoms with Gasteiger partial charge in [0.15, 0.2) is 0 Å². The molecule has 0 atom stereocenters. The zero-order chi connectivity index (χ0) is 17.7. The van der Waals surface area contributed by atoms with Crippen LogP contribution in [0.25, 0.3) is 0 Å². The van der Waals surface area contributed by atoms with Gasteiger partial charge in [-0.1, -0.05) is 0 Å². The number of carbonyl (C=O) groups is 1. The predicted octanol–water partition coefficient (Wildman–Crippen LogP) is 0.425. The van der Waals surface area contributed by atoms with E-state index in [1.165, 1.54) is 6.33 Å². The highest BCUT2D eigenvalue weighted by atomic mass is 19.1. The van der Waals surface area contributed by atoms with Crippen LogP contribution >= 0.6 is 0 Å². The Labute approximate surface area is 145 Å². The zero-order valence-corrected chi connectivity index (χ0v) is 13.9. The van der Waals surface area contributed by atoms with Crippen molar-refractivity contribution in [3.8, 4) is 5.88 Å². The summed E-state index contributed by atoms with van der Waals surface area (Å²) in [6.07, 6.45) is 3.70. The number of aliphatic hydroxyl groups is 1. The average Bonchev–Trinajstić information content (AvgIpc) is 2.59. The number of carbonyl (C=O) groups excluding carboxylic acids is 1. The summed E-state index contributed by atoms with van der Waals surface area (Å²) < 4.78 is 25.5. The molecule has 3 rings (SSSR count). The van der Waals surface area contributed by atoms with E-state index in [1.807, 2.05) is 0 Å². The Balaban J connectivity index is 1.46. The number of hydrogen-bond acceptors (Lipinski definition) is 7. The van der Waals surface area contributed by atoms with Gasteiger partial charge in [0.2, 0.25) is 11.8 Å². The Kier molecular flexibility index (Phi) is 5.64. The first kappa shape index (κ1) is 17.8. The number of alkyl halides is 1. The molecular formula is C16H23FN4O4. The van der Waals surface area contributed by atoms with Crippen molar-refractivity contribution >= 4 is 11.7 Å². The third kappa shape index (κ3) is 4.99. The molecule has 2 aliphatic rings. The van der Waals surface area contributed by atoms with Gasteiger partial charge >= 0.3 is 0 Å². The molecule has 1 aromatic heterocycles. The fourth-order valence-corrected chi connectivity index (χ4v) is 3.04. The second kappa shape index (κ2) is 7.92. The maximum Gasteiger partial charge on any atom is 0.245 e. The van der Waals surface area contributed by atoms with Crippen molar-refractivity contribution < 1.29 is 23.8 Å². The lowest BCUT2D eigenvalue weighted by Gasteiger charge is -2.41. The lowest BCUT2D eigenvalue weighted by atomic mass is 9.77. The molecule has 8 nitrogen and oxygen atoms in total. The van der Waals surface area contributed by atoms with E-state index >= 15 is 0 Å². The van der Waals surface area contributed by atoms with E-state index in [0.717, 1.165) is 12.8 Å². The van der Waals surface area contributed by atoms with Crippen LogP contribution in [0.15, 0.2) is 12.4 Å². The van der Waals surface area contributed by atoms with E-state index in [9.17, 15) is 9.18 Å². The van der Waals surface area contributed by atoms with E-state index in [4.69, 9.17) is 14.6 Å². The van der Waals surface area contributed by atoms with Crippen molar-refractivity contribution in [2.45, 2.75) is 43.5 Å². The molecule has 0 unspecified atom stereocenters. The number of rotatable bonds is 7. The Hall–Kier alpha value is -2.00. The van der Waals surface area contributed by atoms with Crippen LogP contribution in [0.4, 0.5) is 10.2 Å². The standard InChI is InChI=1S/C16H23FN4O4/c17-16(9-18-14(23)8-22)6-11(7-16)21-13-5-15(20-10-19-13)25-12-1-3-24-4-2-12/h5,10-12,22H,1-4,6-9H2,(H,18,23)(H,19,20,21). The van der Waals surface area contributed by atoms with E-state index in [-0.39, 0.29) is 31.5 Å². The van der Waals surface area contributed by atoms with Crippen LogP contribution in [-0.2, 0) is 9.53 Å². The van der Waals surface area contributed by atoms with Gasteiger partial charge in [0.1, 0.15) is 30.5 Å². The summed E-state index contributed by atoms with van der Waals surface area (Å²) in [5.74, 6) is 0.507. The molecule has 1 aromatic rings. The molecule has 1 amide bonds. The molecule has 138 valence electrons. The van der Waals surface area contributed by atoms with Crippen molar-refractivity contribution in [1.29, 1.82) is 0 Å². The highest BCUT2D eigenvalue weighted by Gasteiger charge is 2.45. The SMILES string of the molecule is O=C(CO)NCC1(F)CC(Nc2cc(OC3CCOCC3)ncn2)C1. The Bertz CT molecular complexity index is 591. The number of hydrogen-bond donors (Lipinski definition) is 3. The van der Waals surface area contributed by atoms with Crippen LogP contribution in [0, 0.1) is 0 Å². The zero-order valence-electron chi connectivity index (χ0n) is 13.9. The number of nitrogens with one attached hydrogen (secondary N) is 2. The molecule has 25 heavy (non-hydrogen) atoms. The van der Waals surface area contributed by atoms with Gasteiger partial charge in [0.05, 0.1) is 19.8 Å². The minimum Gasteiger partial charge on any atom is -0.474 e. The molecule has 0 aromatic carbocycles. The van der Waals surface area contributed by atoms with Gasteiger partial charge in [-0.15, -0.1) is 0 Å². The van der Waals surface area contributed by atoms with E-state index in [1.54, 1.807) is 6.07 Å². The Morgan fingerprint density at radius 2 is 2.16 bits per heavy atom. The second-order valence-corrected chi connectivity index (χ2v) is 6.51. The summed E-state index contributed by atoms with van der Waals surface area (Å²) >= 11 is 0. The highest BCUT2D eigenvalue weighted by molar-refractivity contribution is 5.76. The third-order valence-corrected chi connectivity index (χ3v) is 4.42. The predicted molar refractivity (Wildman–Crippen MR) is 87.1 cm³/mol. The van der Waals surface area contributed by atoms with Gasteiger partial charge in [-0.2, -0.15) is 0 Å². The lowest BCUT2D eigenvalue weighted by molar-refractivity contribution is -0.125. The summed E-state index contributed by atoms with van der Waals surface area (Å²) in [5, 5.41) is 14.2. The average molecular weight is 354 g/mol. The molecule has 3 N–H and O–H groups in total. The largest absolute Gasteiger partial charge is 0.474 e. The second-order valence-electron chi connectivity index (χ2n) is 6.51. The molecule has 9 heteroatoms. The van der Waals surface area contributed by atoms with Crippen molar-refractivity contribution in [1.82, 2.24) is 15.3 Å². The van der Waals surface area contributed by atoms with Crippen molar-refractivity contribution in [3.63, 3.8) is 0 Å². The number of aromatic nitrogens is 2. The monoisotopic (exact) mass is 354 g/mol. The summed E-state index contributed by atoms with van der Waals surface area (Å²) in [5.41, 5.74) is -1.45. The Morgan fingerprint density at radius 1 is 1.40 bits per heavy atom. The minimum absolute atomic E-state index is 0.0677. The highest BCUT2D eigenvalue weighted by Crippen LogP contribution is 2.37. The van der Waals surface area contributed by atoms with E-state index in [2.05, 4.69) is 20.6 Å². The maximum absolute atomic E-state index is 14.3. The number of amides is 1. The molecule has 1 saturated heterocycles.